The molecule has 0 N–H and O–H groups in total. The molecule has 1 aliphatic heterocycles. The zero-order chi connectivity index (χ0) is 11.4. The van der Waals surface area contributed by atoms with Crippen LogP contribution in [0.3, 0.4) is 0 Å². The fourth-order valence-electron chi connectivity index (χ4n) is 0.665. The molecule has 0 aliphatic carbocycles. The molecule has 0 aromatic rings. The van der Waals surface area contributed by atoms with Gasteiger partial charge in [0, 0.05) is 19.8 Å². The van der Waals surface area contributed by atoms with Gasteiger partial charge in [-0.15, -0.1) is 0 Å². The second kappa shape index (κ2) is 15.6. The van der Waals surface area contributed by atoms with E-state index in [1.165, 1.54) is 6.79 Å². The van der Waals surface area contributed by atoms with Crippen LogP contribution in [-0.4, -0.2) is 39.1 Å². The summed E-state index contributed by atoms with van der Waals surface area (Å²) in [6.45, 7) is 12.6. The van der Waals surface area contributed by atoms with Crippen molar-refractivity contribution in [2.24, 2.45) is 0 Å². The van der Waals surface area contributed by atoms with E-state index in [2.05, 4.69) is 6.92 Å². The Balaban J connectivity index is 0. The Kier molecular flexibility index (Phi) is 18.4. The molecule has 1 unspecified atom stereocenters. The third kappa shape index (κ3) is 17.0. The third-order valence-corrected chi connectivity index (χ3v) is 1.46. The Bertz CT molecular complexity index is 117. The SMILES string of the molecule is CCO[CH-]OCC.[CH2-]CCOCC1CO1.[Ti+2]. The van der Waals surface area contributed by atoms with E-state index in [9.17, 15) is 0 Å². The molecule has 1 heterocycles. The van der Waals surface area contributed by atoms with Crippen LogP contribution >= 0.6 is 0 Å². The molecule has 0 bridgehead atoms. The fourth-order valence-corrected chi connectivity index (χ4v) is 0.665. The van der Waals surface area contributed by atoms with E-state index in [-0.39, 0.29) is 21.7 Å². The molecule has 0 saturated carbocycles. The third-order valence-electron chi connectivity index (χ3n) is 1.46. The predicted molar refractivity (Wildman–Crippen MR) is 58.1 cm³/mol. The van der Waals surface area contributed by atoms with Crippen molar-refractivity contribution in [1.29, 1.82) is 0 Å². The van der Waals surface area contributed by atoms with Gasteiger partial charge in [0.1, 0.15) is 6.10 Å². The maximum absolute atomic E-state index is 5.12. The van der Waals surface area contributed by atoms with Crippen LogP contribution in [0, 0.1) is 13.7 Å². The van der Waals surface area contributed by atoms with Crippen molar-refractivity contribution >= 4 is 0 Å². The van der Waals surface area contributed by atoms with E-state index in [1.807, 2.05) is 13.8 Å². The monoisotopic (exact) mass is 266 g/mol. The van der Waals surface area contributed by atoms with Gasteiger partial charge in [-0.3, -0.25) is 0 Å². The maximum atomic E-state index is 5.12. The summed E-state index contributed by atoms with van der Waals surface area (Å²) in [5, 5.41) is 0. The minimum atomic E-state index is 0. The van der Waals surface area contributed by atoms with Crippen LogP contribution in [0.4, 0.5) is 0 Å². The Morgan fingerprint density at radius 3 is 2.25 bits per heavy atom. The molecule has 1 aliphatic rings. The average Bonchev–Trinajstić information content (AvgIpc) is 3.04. The summed E-state index contributed by atoms with van der Waals surface area (Å²) in [6, 6.07) is 0. The van der Waals surface area contributed by atoms with E-state index < -0.39 is 0 Å². The zero-order valence-corrected chi connectivity index (χ0v) is 11.8. The summed E-state index contributed by atoms with van der Waals surface area (Å²) in [4.78, 5) is 0. The van der Waals surface area contributed by atoms with E-state index in [0.29, 0.717) is 19.3 Å². The molecule has 0 spiro atoms. The quantitative estimate of drug-likeness (QED) is 0.291. The topological polar surface area (TPSA) is 40.2 Å². The number of rotatable bonds is 8. The second-order valence-electron chi connectivity index (χ2n) is 2.89. The van der Waals surface area contributed by atoms with Gasteiger partial charge >= 0.3 is 21.7 Å². The maximum Gasteiger partial charge on any atom is 2.00 e. The molecule has 0 amide bonds. The van der Waals surface area contributed by atoms with Crippen molar-refractivity contribution in [3.05, 3.63) is 13.7 Å². The minimum Gasteiger partial charge on any atom is -0.525 e. The van der Waals surface area contributed by atoms with Gasteiger partial charge in [-0.25, -0.2) is 0 Å². The van der Waals surface area contributed by atoms with Crippen molar-refractivity contribution in [2.75, 3.05) is 33.0 Å². The summed E-state index contributed by atoms with van der Waals surface area (Å²) in [6.07, 6.45) is 1.26. The molecule has 1 rings (SSSR count). The van der Waals surface area contributed by atoms with Crippen molar-refractivity contribution in [3.8, 4) is 0 Å². The Labute approximate surface area is 114 Å². The summed E-state index contributed by atoms with van der Waals surface area (Å²) < 4.78 is 19.5. The first-order valence-electron chi connectivity index (χ1n) is 5.38. The van der Waals surface area contributed by atoms with Crippen LogP contribution in [-0.2, 0) is 40.7 Å². The van der Waals surface area contributed by atoms with Gasteiger partial charge in [-0.05, 0) is 13.8 Å². The smallest absolute Gasteiger partial charge is 0.525 e. The Morgan fingerprint density at radius 1 is 1.31 bits per heavy atom. The first-order chi connectivity index (χ1) is 7.35. The van der Waals surface area contributed by atoms with Gasteiger partial charge < -0.3 is 25.9 Å². The van der Waals surface area contributed by atoms with Crippen LogP contribution in [0.15, 0.2) is 0 Å². The average molecular weight is 266 g/mol. The molecule has 0 aromatic carbocycles. The van der Waals surface area contributed by atoms with Gasteiger partial charge in [0.2, 0.25) is 0 Å². The molecule has 1 atom stereocenters. The van der Waals surface area contributed by atoms with Crippen LogP contribution in [0.2, 0.25) is 0 Å². The first kappa shape index (κ1) is 18.9. The zero-order valence-electron chi connectivity index (χ0n) is 10.2. The van der Waals surface area contributed by atoms with E-state index in [4.69, 9.17) is 18.9 Å². The van der Waals surface area contributed by atoms with Gasteiger partial charge in [-0.2, -0.15) is 6.42 Å². The minimum absolute atomic E-state index is 0. The fraction of sp³-hybridized carbons (Fsp3) is 0.818. The largest absolute Gasteiger partial charge is 2.00 e. The number of ether oxygens (including phenoxy) is 4. The van der Waals surface area contributed by atoms with Gasteiger partial charge in [0.15, 0.2) is 0 Å². The van der Waals surface area contributed by atoms with Gasteiger partial charge in [0.25, 0.3) is 0 Å². The predicted octanol–water partition coefficient (Wildman–Crippen LogP) is 1.80. The molecule has 0 aromatic heterocycles. The first-order valence-corrected chi connectivity index (χ1v) is 5.38. The summed E-state index contributed by atoms with van der Waals surface area (Å²) in [5.74, 6) is 0. The molecule has 94 valence electrons. The molecular formula is C11H22O4Ti. The second-order valence-corrected chi connectivity index (χ2v) is 2.89. The van der Waals surface area contributed by atoms with Crippen molar-refractivity contribution in [1.82, 2.24) is 0 Å². The van der Waals surface area contributed by atoms with Crippen LogP contribution in [0.25, 0.3) is 0 Å². The molecule has 16 heavy (non-hydrogen) atoms. The number of hydrogen-bond donors (Lipinski definition) is 0. The summed E-state index contributed by atoms with van der Waals surface area (Å²) in [5.41, 5.74) is 0. The van der Waals surface area contributed by atoms with Crippen molar-refractivity contribution in [3.63, 3.8) is 0 Å². The van der Waals surface area contributed by atoms with Crippen molar-refractivity contribution in [2.45, 2.75) is 26.4 Å². The molecule has 4 nitrogen and oxygen atoms in total. The van der Waals surface area contributed by atoms with Crippen LogP contribution < -0.4 is 0 Å². The Hall–Kier alpha value is 0.554. The van der Waals surface area contributed by atoms with Crippen molar-refractivity contribution < 1.29 is 40.7 Å². The number of hydrogen-bond acceptors (Lipinski definition) is 4. The van der Waals surface area contributed by atoms with Crippen LogP contribution in [0.1, 0.15) is 20.3 Å². The normalized spacial score (nSPS) is 17.1. The van der Waals surface area contributed by atoms with Crippen LogP contribution in [0.5, 0.6) is 0 Å². The molecule has 0 radical (unpaired) electrons. The van der Waals surface area contributed by atoms with E-state index in [1.54, 1.807) is 0 Å². The van der Waals surface area contributed by atoms with Gasteiger partial charge in [-0.1, -0.05) is 6.79 Å². The summed E-state index contributed by atoms with van der Waals surface area (Å²) >= 11 is 0. The molecule has 5 heteroatoms. The standard InChI is InChI=1S/C6H11O2.C5H11O2.Ti/c1-2-3-7-4-6-5-8-6;1-3-6-5-7-4-2;/h6H,1-5H2;5H,3-4H2,1-2H3;/q2*-1;+2. The van der Waals surface area contributed by atoms with E-state index in [0.717, 1.165) is 26.2 Å². The molecule has 1 fully saturated rings. The van der Waals surface area contributed by atoms with Gasteiger partial charge in [0.05, 0.1) is 13.2 Å². The number of epoxide rings is 1. The molecular weight excluding hydrogens is 244 g/mol. The van der Waals surface area contributed by atoms with E-state index >= 15 is 0 Å². The molecule has 1 saturated heterocycles. The Morgan fingerprint density at radius 2 is 1.88 bits per heavy atom. The summed E-state index contributed by atoms with van der Waals surface area (Å²) in [7, 11) is 0.